The maximum absolute atomic E-state index is 5.41. The Kier molecular flexibility index (Phi) is 3.28. The third kappa shape index (κ3) is 2.33. The standard InChI is InChI=1S/C11H12BrNO2/c12-9-5-8(3-1-2-4-13)6-10-11(9)15-7-14-10/h1,3,5-6H,2,4,7,13H2. The number of ether oxygens (including phenoxy) is 2. The minimum Gasteiger partial charge on any atom is -0.454 e. The predicted octanol–water partition coefficient (Wildman–Crippen LogP) is 2.54. The van der Waals surface area contributed by atoms with Gasteiger partial charge in [-0.1, -0.05) is 12.2 Å². The molecule has 0 amide bonds. The lowest BCUT2D eigenvalue weighted by molar-refractivity contribution is 0.173. The normalized spacial score (nSPS) is 13.7. The molecule has 2 rings (SSSR count). The van der Waals surface area contributed by atoms with E-state index in [-0.39, 0.29) is 0 Å². The van der Waals surface area contributed by atoms with Crippen molar-refractivity contribution in [1.82, 2.24) is 0 Å². The van der Waals surface area contributed by atoms with Gasteiger partial charge in [-0.25, -0.2) is 0 Å². The smallest absolute Gasteiger partial charge is 0.231 e. The first-order chi connectivity index (χ1) is 7.31. The van der Waals surface area contributed by atoms with Crippen LogP contribution in [0.5, 0.6) is 11.5 Å². The average molecular weight is 270 g/mol. The first-order valence-electron chi connectivity index (χ1n) is 4.77. The molecule has 4 heteroatoms. The Morgan fingerprint density at radius 3 is 3.07 bits per heavy atom. The molecule has 3 nitrogen and oxygen atoms in total. The minimum atomic E-state index is 0.296. The number of hydrogen-bond acceptors (Lipinski definition) is 3. The SMILES string of the molecule is NCCC=Cc1cc(Br)c2c(c1)OCO2. The Morgan fingerprint density at radius 1 is 1.40 bits per heavy atom. The van der Waals surface area contributed by atoms with Gasteiger partial charge >= 0.3 is 0 Å². The van der Waals surface area contributed by atoms with Crippen LogP contribution >= 0.6 is 15.9 Å². The van der Waals surface area contributed by atoms with Crippen LogP contribution < -0.4 is 15.2 Å². The van der Waals surface area contributed by atoms with E-state index in [9.17, 15) is 0 Å². The lowest BCUT2D eigenvalue weighted by Gasteiger charge is -2.01. The van der Waals surface area contributed by atoms with Gasteiger partial charge in [0.15, 0.2) is 11.5 Å². The van der Waals surface area contributed by atoms with Gasteiger partial charge in [-0.15, -0.1) is 0 Å². The van der Waals surface area contributed by atoms with Crippen LogP contribution in [0.3, 0.4) is 0 Å². The third-order valence-corrected chi connectivity index (χ3v) is 2.68. The van der Waals surface area contributed by atoms with E-state index >= 15 is 0 Å². The fraction of sp³-hybridized carbons (Fsp3) is 0.273. The Morgan fingerprint density at radius 2 is 2.27 bits per heavy atom. The lowest BCUT2D eigenvalue weighted by atomic mass is 10.2. The van der Waals surface area contributed by atoms with Gasteiger partial charge in [-0.3, -0.25) is 0 Å². The molecule has 1 aromatic rings. The molecule has 0 aliphatic carbocycles. The molecule has 0 bridgehead atoms. The number of halogens is 1. The second-order valence-electron chi connectivity index (χ2n) is 3.22. The Labute approximate surface area is 97.0 Å². The van der Waals surface area contributed by atoms with E-state index in [0.29, 0.717) is 13.3 Å². The van der Waals surface area contributed by atoms with Crippen molar-refractivity contribution < 1.29 is 9.47 Å². The Hall–Kier alpha value is -1.00. The van der Waals surface area contributed by atoms with Crippen molar-refractivity contribution in [2.24, 2.45) is 5.73 Å². The van der Waals surface area contributed by atoms with Crippen molar-refractivity contribution in [2.45, 2.75) is 6.42 Å². The number of benzene rings is 1. The maximum atomic E-state index is 5.41. The molecule has 0 aromatic heterocycles. The van der Waals surface area contributed by atoms with Crippen molar-refractivity contribution >= 4 is 22.0 Å². The van der Waals surface area contributed by atoms with Gasteiger partial charge in [0.2, 0.25) is 6.79 Å². The molecular weight excluding hydrogens is 258 g/mol. The fourth-order valence-corrected chi connectivity index (χ4v) is 1.97. The summed E-state index contributed by atoms with van der Waals surface area (Å²) in [5.74, 6) is 1.57. The van der Waals surface area contributed by atoms with Crippen LogP contribution in [0.15, 0.2) is 22.7 Å². The maximum Gasteiger partial charge on any atom is 0.231 e. The van der Waals surface area contributed by atoms with Crippen LogP contribution in [-0.4, -0.2) is 13.3 Å². The van der Waals surface area contributed by atoms with E-state index in [1.54, 1.807) is 0 Å². The van der Waals surface area contributed by atoms with Gasteiger partial charge in [-0.05, 0) is 46.6 Å². The van der Waals surface area contributed by atoms with Crippen LogP contribution in [0.2, 0.25) is 0 Å². The van der Waals surface area contributed by atoms with E-state index in [4.69, 9.17) is 15.2 Å². The van der Waals surface area contributed by atoms with Crippen LogP contribution in [0.25, 0.3) is 6.08 Å². The highest BCUT2D eigenvalue weighted by atomic mass is 79.9. The molecule has 1 aliphatic rings. The van der Waals surface area contributed by atoms with Crippen LogP contribution in [0.1, 0.15) is 12.0 Å². The zero-order valence-corrected chi connectivity index (χ0v) is 9.79. The van der Waals surface area contributed by atoms with Crippen molar-refractivity contribution in [3.63, 3.8) is 0 Å². The molecule has 1 aliphatic heterocycles. The molecule has 1 heterocycles. The van der Waals surface area contributed by atoms with Gasteiger partial charge in [0.25, 0.3) is 0 Å². The highest BCUT2D eigenvalue weighted by Crippen LogP contribution is 2.40. The molecule has 2 N–H and O–H groups in total. The highest BCUT2D eigenvalue weighted by molar-refractivity contribution is 9.10. The van der Waals surface area contributed by atoms with Crippen molar-refractivity contribution in [3.05, 3.63) is 28.2 Å². The second kappa shape index (κ2) is 4.68. The zero-order valence-electron chi connectivity index (χ0n) is 8.20. The minimum absolute atomic E-state index is 0.296. The molecule has 15 heavy (non-hydrogen) atoms. The number of rotatable bonds is 3. The summed E-state index contributed by atoms with van der Waals surface area (Å²) in [4.78, 5) is 0. The number of fused-ring (bicyclic) bond motifs is 1. The van der Waals surface area contributed by atoms with Gasteiger partial charge in [0, 0.05) is 0 Å². The molecule has 0 atom stereocenters. The summed E-state index contributed by atoms with van der Waals surface area (Å²) in [6, 6.07) is 3.96. The fourth-order valence-electron chi connectivity index (χ4n) is 1.40. The number of hydrogen-bond donors (Lipinski definition) is 1. The molecule has 0 radical (unpaired) electrons. The first-order valence-corrected chi connectivity index (χ1v) is 5.56. The van der Waals surface area contributed by atoms with Crippen molar-refractivity contribution in [3.8, 4) is 11.5 Å². The molecule has 0 fully saturated rings. The molecular formula is C11H12BrNO2. The molecule has 1 aromatic carbocycles. The monoisotopic (exact) mass is 269 g/mol. The lowest BCUT2D eigenvalue weighted by Crippen LogP contribution is -1.94. The third-order valence-electron chi connectivity index (χ3n) is 2.09. The average Bonchev–Trinajstić information content (AvgIpc) is 2.66. The van der Waals surface area contributed by atoms with Crippen molar-refractivity contribution in [2.75, 3.05) is 13.3 Å². The largest absolute Gasteiger partial charge is 0.454 e. The topological polar surface area (TPSA) is 44.5 Å². The van der Waals surface area contributed by atoms with Crippen LogP contribution in [0.4, 0.5) is 0 Å². The predicted molar refractivity (Wildman–Crippen MR) is 63.0 cm³/mol. The van der Waals surface area contributed by atoms with Crippen molar-refractivity contribution in [1.29, 1.82) is 0 Å². The first kappa shape index (κ1) is 10.5. The summed E-state index contributed by atoms with van der Waals surface area (Å²) in [5.41, 5.74) is 6.49. The molecule has 0 spiro atoms. The summed E-state index contributed by atoms with van der Waals surface area (Å²) in [5, 5.41) is 0. The van der Waals surface area contributed by atoms with E-state index in [1.807, 2.05) is 24.3 Å². The van der Waals surface area contributed by atoms with Gasteiger partial charge in [0.05, 0.1) is 4.47 Å². The van der Waals surface area contributed by atoms with Crippen LogP contribution in [-0.2, 0) is 0 Å². The van der Waals surface area contributed by atoms with Gasteiger partial charge in [0.1, 0.15) is 0 Å². The quantitative estimate of drug-likeness (QED) is 0.917. The highest BCUT2D eigenvalue weighted by Gasteiger charge is 2.16. The van der Waals surface area contributed by atoms with Gasteiger partial charge in [-0.2, -0.15) is 0 Å². The van der Waals surface area contributed by atoms with E-state index in [0.717, 1.165) is 28.0 Å². The summed E-state index contributed by atoms with van der Waals surface area (Å²) in [6.07, 6.45) is 4.95. The zero-order chi connectivity index (χ0) is 10.7. The second-order valence-corrected chi connectivity index (χ2v) is 4.07. The van der Waals surface area contributed by atoms with E-state index < -0.39 is 0 Å². The number of nitrogens with two attached hydrogens (primary N) is 1. The van der Waals surface area contributed by atoms with Gasteiger partial charge < -0.3 is 15.2 Å². The Balaban J connectivity index is 2.23. The summed E-state index contributed by atoms with van der Waals surface area (Å²) >= 11 is 3.44. The molecule has 80 valence electrons. The molecule has 0 saturated carbocycles. The van der Waals surface area contributed by atoms with E-state index in [1.165, 1.54) is 0 Å². The Bertz CT molecular complexity index is 390. The van der Waals surface area contributed by atoms with E-state index in [2.05, 4.69) is 15.9 Å². The molecule has 0 unspecified atom stereocenters. The summed E-state index contributed by atoms with van der Waals surface area (Å²) in [7, 11) is 0. The summed E-state index contributed by atoms with van der Waals surface area (Å²) < 4.78 is 11.5. The van der Waals surface area contributed by atoms with Crippen LogP contribution in [0, 0.1) is 0 Å². The molecule has 0 saturated heterocycles. The summed E-state index contributed by atoms with van der Waals surface area (Å²) in [6.45, 7) is 0.964.